The molecule has 8 heteroatoms. The van der Waals surface area contributed by atoms with Crippen LogP contribution in [0.4, 0.5) is 5.69 Å². The van der Waals surface area contributed by atoms with Crippen molar-refractivity contribution in [3.8, 4) is 5.69 Å². The standard InChI is InChI=1S/C21H22N4O3S/c1-13-7-9-16(10-8-13)25-15(3)19(14(2)24-25)23-18(26)12-28-21(27)17-6-5-11-22-20(17)29-4/h5-11H,12H2,1-4H3,(H,23,26). The Morgan fingerprint density at radius 2 is 1.86 bits per heavy atom. The first-order valence-corrected chi connectivity index (χ1v) is 10.2. The Morgan fingerprint density at radius 3 is 2.55 bits per heavy atom. The Balaban J connectivity index is 1.68. The lowest BCUT2D eigenvalue weighted by Crippen LogP contribution is -2.22. The largest absolute Gasteiger partial charge is 0.452 e. The van der Waals surface area contributed by atoms with E-state index in [-0.39, 0.29) is 0 Å². The Kier molecular flexibility index (Phi) is 6.33. The first kappa shape index (κ1) is 20.6. The molecule has 1 N–H and O–H groups in total. The van der Waals surface area contributed by atoms with Crippen molar-refractivity contribution in [3.05, 3.63) is 65.1 Å². The number of benzene rings is 1. The molecule has 0 aliphatic heterocycles. The number of nitrogens with one attached hydrogen (secondary N) is 1. The molecule has 0 spiro atoms. The minimum Gasteiger partial charge on any atom is -0.452 e. The number of rotatable bonds is 6. The minimum absolute atomic E-state index is 0.340. The van der Waals surface area contributed by atoms with Gasteiger partial charge >= 0.3 is 5.97 Å². The van der Waals surface area contributed by atoms with Crippen LogP contribution in [0.15, 0.2) is 47.6 Å². The van der Waals surface area contributed by atoms with E-state index in [1.165, 1.54) is 11.8 Å². The van der Waals surface area contributed by atoms with Crippen LogP contribution in [0.2, 0.25) is 0 Å². The number of pyridine rings is 1. The van der Waals surface area contributed by atoms with E-state index in [0.717, 1.165) is 16.9 Å². The Morgan fingerprint density at radius 1 is 1.14 bits per heavy atom. The van der Waals surface area contributed by atoms with Crippen LogP contribution in [0.1, 0.15) is 27.3 Å². The molecule has 0 unspecified atom stereocenters. The monoisotopic (exact) mass is 410 g/mol. The zero-order valence-electron chi connectivity index (χ0n) is 16.7. The summed E-state index contributed by atoms with van der Waals surface area (Å²) in [5, 5.41) is 7.87. The molecule has 0 fully saturated rings. The predicted octanol–water partition coefficient (Wildman–Crippen LogP) is 3.71. The maximum atomic E-state index is 12.4. The molecule has 0 aliphatic rings. The van der Waals surface area contributed by atoms with E-state index in [9.17, 15) is 9.59 Å². The van der Waals surface area contributed by atoms with Crippen LogP contribution in [-0.4, -0.2) is 39.5 Å². The van der Waals surface area contributed by atoms with E-state index in [1.807, 2.05) is 51.3 Å². The van der Waals surface area contributed by atoms with Gasteiger partial charge in [-0.3, -0.25) is 4.79 Å². The third kappa shape index (κ3) is 4.65. The first-order valence-electron chi connectivity index (χ1n) is 9.00. The average molecular weight is 410 g/mol. The number of hydrogen-bond acceptors (Lipinski definition) is 6. The van der Waals surface area contributed by atoms with E-state index in [0.29, 0.717) is 22.0 Å². The number of ether oxygens (including phenoxy) is 1. The van der Waals surface area contributed by atoms with E-state index in [2.05, 4.69) is 15.4 Å². The van der Waals surface area contributed by atoms with Gasteiger partial charge in [0.05, 0.1) is 28.3 Å². The van der Waals surface area contributed by atoms with Crippen molar-refractivity contribution in [2.45, 2.75) is 25.8 Å². The molecule has 0 bridgehead atoms. The lowest BCUT2D eigenvalue weighted by molar-refractivity contribution is -0.119. The molecular formula is C21H22N4O3S. The number of aromatic nitrogens is 3. The van der Waals surface area contributed by atoms with Crippen LogP contribution in [0.3, 0.4) is 0 Å². The molecule has 3 aromatic rings. The molecule has 2 heterocycles. The third-order valence-electron chi connectivity index (χ3n) is 4.35. The minimum atomic E-state index is -0.582. The van der Waals surface area contributed by atoms with Gasteiger partial charge in [0.1, 0.15) is 5.03 Å². The summed E-state index contributed by atoms with van der Waals surface area (Å²) in [4.78, 5) is 28.7. The summed E-state index contributed by atoms with van der Waals surface area (Å²) >= 11 is 1.34. The van der Waals surface area contributed by atoms with Gasteiger partial charge in [-0.15, -0.1) is 11.8 Å². The van der Waals surface area contributed by atoms with Gasteiger partial charge < -0.3 is 10.1 Å². The van der Waals surface area contributed by atoms with Gasteiger partial charge in [-0.2, -0.15) is 5.10 Å². The highest BCUT2D eigenvalue weighted by Crippen LogP contribution is 2.23. The molecule has 150 valence electrons. The second-order valence-corrected chi connectivity index (χ2v) is 7.27. The fraction of sp³-hybridized carbons (Fsp3) is 0.238. The number of amides is 1. The Bertz CT molecular complexity index is 1040. The van der Waals surface area contributed by atoms with Crippen molar-refractivity contribution < 1.29 is 14.3 Å². The summed E-state index contributed by atoms with van der Waals surface area (Å²) in [5.74, 6) is -1.01. The summed E-state index contributed by atoms with van der Waals surface area (Å²) in [6.07, 6.45) is 3.43. The molecular weight excluding hydrogens is 388 g/mol. The van der Waals surface area contributed by atoms with Gasteiger partial charge in [-0.1, -0.05) is 17.7 Å². The predicted molar refractivity (Wildman–Crippen MR) is 113 cm³/mol. The van der Waals surface area contributed by atoms with Gasteiger partial charge in [0.15, 0.2) is 6.61 Å². The second kappa shape index (κ2) is 8.91. The number of hydrogen-bond donors (Lipinski definition) is 1. The molecule has 7 nitrogen and oxygen atoms in total. The summed E-state index contributed by atoms with van der Waals surface area (Å²) in [5.41, 5.74) is 4.49. The van der Waals surface area contributed by atoms with Crippen molar-refractivity contribution in [1.82, 2.24) is 14.8 Å². The average Bonchev–Trinajstić information content (AvgIpc) is 3.00. The third-order valence-corrected chi connectivity index (χ3v) is 5.07. The van der Waals surface area contributed by atoms with Crippen LogP contribution in [0.5, 0.6) is 0 Å². The lowest BCUT2D eigenvalue weighted by atomic mass is 10.2. The normalized spacial score (nSPS) is 10.6. The van der Waals surface area contributed by atoms with Crippen molar-refractivity contribution >= 4 is 29.3 Å². The van der Waals surface area contributed by atoms with Gasteiger partial charge in [-0.05, 0) is 51.3 Å². The highest BCUT2D eigenvalue weighted by atomic mass is 32.2. The van der Waals surface area contributed by atoms with E-state index < -0.39 is 18.5 Å². The van der Waals surface area contributed by atoms with Gasteiger partial charge in [0, 0.05) is 6.20 Å². The Hall–Kier alpha value is -3.13. The van der Waals surface area contributed by atoms with Crippen molar-refractivity contribution in [1.29, 1.82) is 0 Å². The van der Waals surface area contributed by atoms with E-state index in [4.69, 9.17) is 4.74 Å². The van der Waals surface area contributed by atoms with E-state index >= 15 is 0 Å². The number of esters is 1. The number of carbonyl (C=O) groups excluding carboxylic acids is 2. The second-order valence-electron chi connectivity index (χ2n) is 6.48. The molecule has 29 heavy (non-hydrogen) atoms. The SMILES string of the molecule is CSc1ncccc1C(=O)OCC(=O)Nc1c(C)nn(-c2ccc(C)cc2)c1C. The first-order chi connectivity index (χ1) is 13.9. The molecule has 0 radical (unpaired) electrons. The molecule has 1 aromatic carbocycles. The smallest absolute Gasteiger partial charge is 0.341 e. The van der Waals surface area contributed by atoms with Gasteiger partial charge in [-0.25, -0.2) is 14.5 Å². The van der Waals surface area contributed by atoms with E-state index in [1.54, 1.807) is 23.0 Å². The van der Waals surface area contributed by atoms with Crippen LogP contribution >= 0.6 is 11.8 Å². The molecule has 2 aromatic heterocycles. The quantitative estimate of drug-likeness (QED) is 0.492. The maximum absolute atomic E-state index is 12.4. The van der Waals surface area contributed by atoms with Crippen molar-refractivity contribution in [3.63, 3.8) is 0 Å². The number of carbonyl (C=O) groups is 2. The fourth-order valence-corrected chi connectivity index (χ4v) is 3.39. The number of nitrogens with zero attached hydrogens (tertiary/aromatic N) is 3. The Labute approximate surface area is 173 Å². The van der Waals surface area contributed by atoms with Crippen LogP contribution in [0, 0.1) is 20.8 Å². The molecule has 0 atom stereocenters. The highest BCUT2D eigenvalue weighted by Gasteiger charge is 2.18. The number of thioether (sulfide) groups is 1. The van der Waals surface area contributed by atoms with Gasteiger partial charge in [0.2, 0.25) is 0 Å². The van der Waals surface area contributed by atoms with Gasteiger partial charge in [0.25, 0.3) is 5.91 Å². The topological polar surface area (TPSA) is 86.1 Å². The zero-order chi connectivity index (χ0) is 21.0. The number of anilines is 1. The van der Waals surface area contributed by atoms with Crippen molar-refractivity contribution in [2.75, 3.05) is 18.2 Å². The summed E-state index contributed by atoms with van der Waals surface area (Å²) in [7, 11) is 0. The van der Waals surface area contributed by atoms with Crippen LogP contribution in [-0.2, 0) is 9.53 Å². The van der Waals surface area contributed by atoms with Crippen LogP contribution < -0.4 is 5.32 Å². The van der Waals surface area contributed by atoms with Crippen molar-refractivity contribution in [2.24, 2.45) is 0 Å². The maximum Gasteiger partial charge on any atom is 0.341 e. The summed E-state index contributed by atoms with van der Waals surface area (Å²) in [6.45, 7) is 5.32. The van der Waals surface area contributed by atoms with Crippen LogP contribution in [0.25, 0.3) is 5.69 Å². The summed E-state index contributed by atoms with van der Waals surface area (Å²) < 4.78 is 6.93. The fourth-order valence-electron chi connectivity index (χ4n) is 2.85. The molecule has 3 rings (SSSR count). The highest BCUT2D eigenvalue weighted by molar-refractivity contribution is 7.98. The molecule has 0 aliphatic carbocycles. The molecule has 0 saturated heterocycles. The zero-order valence-corrected chi connectivity index (χ0v) is 17.5. The lowest BCUT2D eigenvalue weighted by Gasteiger charge is -2.09. The molecule has 0 saturated carbocycles. The number of aryl methyl sites for hydroxylation is 2. The summed E-state index contributed by atoms with van der Waals surface area (Å²) in [6, 6.07) is 11.2. The molecule has 1 amide bonds.